The molecule has 1 aliphatic heterocycles. The first kappa shape index (κ1) is 14.4. The van der Waals surface area contributed by atoms with Crippen LogP contribution >= 0.6 is 0 Å². The number of anilines is 1. The summed E-state index contributed by atoms with van der Waals surface area (Å²) < 4.78 is 5.00. The van der Waals surface area contributed by atoms with E-state index < -0.39 is 5.97 Å². The molecule has 20 heavy (non-hydrogen) atoms. The van der Waals surface area contributed by atoms with Crippen molar-refractivity contribution in [1.82, 2.24) is 10.1 Å². The van der Waals surface area contributed by atoms with Crippen LogP contribution in [0.4, 0.5) is 5.82 Å². The van der Waals surface area contributed by atoms with Gasteiger partial charge in [-0.25, -0.2) is 0 Å². The lowest BCUT2D eigenvalue weighted by atomic mass is 10.3. The van der Waals surface area contributed by atoms with E-state index in [1.54, 1.807) is 22.8 Å². The molecule has 0 bridgehead atoms. The van der Waals surface area contributed by atoms with Gasteiger partial charge in [-0.05, 0) is 19.8 Å². The summed E-state index contributed by atoms with van der Waals surface area (Å²) in [6.07, 6.45) is 2.02. The van der Waals surface area contributed by atoms with E-state index in [-0.39, 0.29) is 25.4 Å². The maximum Gasteiger partial charge on any atom is 0.305 e. The quantitative estimate of drug-likeness (QED) is 0.833. The zero-order valence-corrected chi connectivity index (χ0v) is 11.5. The van der Waals surface area contributed by atoms with Crippen LogP contribution in [0, 0.1) is 6.92 Å². The Morgan fingerprint density at radius 3 is 2.70 bits per heavy atom. The number of likely N-dealkylation sites (tertiary alicyclic amines) is 1. The van der Waals surface area contributed by atoms with E-state index in [9.17, 15) is 9.59 Å². The lowest BCUT2D eigenvalue weighted by molar-refractivity contribution is -0.137. The molecule has 1 saturated heterocycles. The van der Waals surface area contributed by atoms with Gasteiger partial charge >= 0.3 is 5.97 Å². The molecule has 110 valence electrons. The SMILES string of the molecule is Cc1cc(N(CCC(=O)O)CC(=O)N2CCCC2)no1. The fraction of sp³-hybridized carbons (Fsp3) is 0.615. The second-order valence-corrected chi connectivity index (χ2v) is 4.95. The summed E-state index contributed by atoms with van der Waals surface area (Å²) in [5.41, 5.74) is 0. The minimum atomic E-state index is -0.899. The third-order valence-corrected chi connectivity index (χ3v) is 3.32. The highest BCUT2D eigenvalue weighted by molar-refractivity contribution is 5.81. The Bertz CT molecular complexity index is 480. The van der Waals surface area contributed by atoms with Crippen molar-refractivity contribution in [2.45, 2.75) is 26.2 Å². The molecule has 1 amide bonds. The van der Waals surface area contributed by atoms with Gasteiger partial charge in [-0.3, -0.25) is 9.59 Å². The van der Waals surface area contributed by atoms with E-state index in [0.29, 0.717) is 11.6 Å². The van der Waals surface area contributed by atoms with Crippen molar-refractivity contribution in [3.63, 3.8) is 0 Å². The Hall–Kier alpha value is -2.05. The predicted octanol–water partition coefficient (Wildman–Crippen LogP) is 0.887. The van der Waals surface area contributed by atoms with Gasteiger partial charge in [0.05, 0.1) is 13.0 Å². The monoisotopic (exact) mass is 281 g/mol. The highest BCUT2D eigenvalue weighted by Gasteiger charge is 2.22. The smallest absolute Gasteiger partial charge is 0.305 e. The van der Waals surface area contributed by atoms with Gasteiger partial charge < -0.3 is 19.4 Å². The van der Waals surface area contributed by atoms with Gasteiger partial charge in [0, 0.05) is 25.7 Å². The highest BCUT2D eigenvalue weighted by atomic mass is 16.5. The standard InChI is InChI=1S/C13H19N3O4/c1-10-8-11(14-20-10)16(7-4-13(18)19)9-12(17)15-5-2-3-6-15/h8H,2-7,9H2,1H3,(H,18,19). The Morgan fingerprint density at radius 1 is 1.45 bits per heavy atom. The first-order chi connectivity index (χ1) is 9.56. The molecule has 0 saturated carbocycles. The van der Waals surface area contributed by atoms with Gasteiger partial charge in [-0.1, -0.05) is 5.16 Å². The van der Waals surface area contributed by atoms with Crippen molar-refractivity contribution < 1.29 is 19.2 Å². The van der Waals surface area contributed by atoms with Crippen LogP contribution in [0.15, 0.2) is 10.6 Å². The van der Waals surface area contributed by atoms with E-state index in [0.717, 1.165) is 25.9 Å². The van der Waals surface area contributed by atoms with E-state index >= 15 is 0 Å². The number of nitrogens with zero attached hydrogens (tertiary/aromatic N) is 3. The zero-order valence-electron chi connectivity index (χ0n) is 11.5. The first-order valence-electron chi connectivity index (χ1n) is 6.74. The average molecular weight is 281 g/mol. The van der Waals surface area contributed by atoms with Crippen molar-refractivity contribution in [2.24, 2.45) is 0 Å². The number of hydrogen-bond acceptors (Lipinski definition) is 5. The molecule has 1 aromatic heterocycles. The number of aromatic nitrogens is 1. The maximum atomic E-state index is 12.2. The topological polar surface area (TPSA) is 86.9 Å². The van der Waals surface area contributed by atoms with Gasteiger partial charge in [0.15, 0.2) is 5.82 Å². The first-order valence-corrected chi connectivity index (χ1v) is 6.74. The summed E-state index contributed by atoms with van der Waals surface area (Å²) in [5, 5.41) is 12.7. The van der Waals surface area contributed by atoms with Gasteiger partial charge in [0.25, 0.3) is 0 Å². The molecule has 0 radical (unpaired) electrons. The van der Waals surface area contributed by atoms with E-state index in [4.69, 9.17) is 9.63 Å². The number of aryl methyl sites for hydroxylation is 1. The molecule has 2 rings (SSSR count). The summed E-state index contributed by atoms with van der Waals surface area (Å²) in [6.45, 7) is 3.70. The van der Waals surface area contributed by atoms with Crippen LogP contribution < -0.4 is 4.90 Å². The number of carbonyl (C=O) groups excluding carboxylic acids is 1. The second kappa shape index (κ2) is 6.40. The molecule has 1 aliphatic rings. The lowest BCUT2D eigenvalue weighted by Crippen LogP contribution is -2.40. The highest BCUT2D eigenvalue weighted by Crippen LogP contribution is 2.15. The summed E-state index contributed by atoms with van der Waals surface area (Å²) in [4.78, 5) is 26.3. The van der Waals surface area contributed by atoms with Crippen LogP contribution in [0.25, 0.3) is 0 Å². The number of rotatable bonds is 6. The van der Waals surface area contributed by atoms with Crippen molar-refractivity contribution in [3.05, 3.63) is 11.8 Å². The van der Waals surface area contributed by atoms with Gasteiger partial charge in [0.1, 0.15) is 5.76 Å². The Kier molecular flexibility index (Phi) is 4.60. The minimum Gasteiger partial charge on any atom is -0.481 e. The average Bonchev–Trinajstić information content (AvgIpc) is 3.04. The van der Waals surface area contributed by atoms with E-state index in [1.807, 2.05) is 0 Å². The Balaban J connectivity index is 2.01. The van der Waals surface area contributed by atoms with Crippen LogP contribution in [0.5, 0.6) is 0 Å². The van der Waals surface area contributed by atoms with E-state index in [1.165, 1.54) is 0 Å². The summed E-state index contributed by atoms with van der Waals surface area (Å²) >= 11 is 0. The molecule has 1 aromatic rings. The van der Waals surface area contributed by atoms with Crippen LogP contribution in [0.3, 0.4) is 0 Å². The molecule has 7 heteroatoms. The molecule has 0 spiro atoms. The van der Waals surface area contributed by atoms with Crippen molar-refractivity contribution in [1.29, 1.82) is 0 Å². The fourth-order valence-corrected chi connectivity index (χ4v) is 2.24. The van der Waals surface area contributed by atoms with Crippen LogP contribution in [0.1, 0.15) is 25.0 Å². The van der Waals surface area contributed by atoms with Crippen molar-refractivity contribution in [2.75, 3.05) is 31.1 Å². The van der Waals surface area contributed by atoms with Gasteiger partial charge in [0.2, 0.25) is 5.91 Å². The number of carboxylic acids is 1. The Labute approximate surface area is 117 Å². The summed E-state index contributed by atoms with van der Waals surface area (Å²) in [7, 11) is 0. The largest absolute Gasteiger partial charge is 0.481 e. The summed E-state index contributed by atoms with van der Waals surface area (Å²) in [6, 6.07) is 1.71. The van der Waals surface area contributed by atoms with Crippen molar-refractivity contribution in [3.8, 4) is 0 Å². The number of carboxylic acid groups (broad SMARTS) is 1. The molecule has 0 aliphatic carbocycles. The molecule has 1 fully saturated rings. The lowest BCUT2D eigenvalue weighted by Gasteiger charge is -2.23. The zero-order chi connectivity index (χ0) is 14.5. The summed E-state index contributed by atoms with van der Waals surface area (Å²) in [5.74, 6) is 0.252. The third kappa shape index (κ3) is 3.72. The predicted molar refractivity (Wildman–Crippen MR) is 71.5 cm³/mol. The minimum absolute atomic E-state index is 0.00791. The third-order valence-electron chi connectivity index (χ3n) is 3.32. The molecule has 0 atom stereocenters. The number of amides is 1. The van der Waals surface area contributed by atoms with Crippen LogP contribution in [-0.4, -0.2) is 53.2 Å². The number of hydrogen-bond donors (Lipinski definition) is 1. The normalized spacial score (nSPS) is 14.6. The van der Waals surface area contributed by atoms with Crippen molar-refractivity contribution >= 4 is 17.7 Å². The van der Waals surface area contributed by atoms with Gasteiger partial charge in [-0.2, -0.15) is 0 Å². The Morgan fingerprint density at radius 2 is 2.15 bits per heavy atom. The molecule has 7 nitrogen and oxygen atoms in total. The number of carbonyl (C=O) groups is 2. The second-order valence-electron chi connectivity index (χ2n) is 4.95. The van der Waals surface area contributed by atoms with Crippen LogP contribution in [0.2, 0.25) is 0 Å². The maximum absolute atomic E-state index is 12.2. The molecule has 0 unspecified atom stereocenters. The van der Waals surface area contributed by atoms with E-state index in [2.05, 4.69) is 5.16 Å². The molecular formula is C13H19N3O4. The molecule has 0 aromatic carbocycles. The molecule has 2 heterocycles. The molecule has 1 N–H and O–H groups in total. The van der Waals surface area contributed by atoms with Crippen LogP contribution in [-0.2, 0) is 9.59 Å². The fourth-order valence-electron chi connectivity index (χ4n) is 2.24. The van der Waals surface area contributed by atoms with Gasteiger partial charge in [-0.15, -0.1) is 0 Å². The number of aliphatic carboxylic acids is 1. The molecular weight excluding hydrogens is 262 g/mol.